The van der Waals surface area contributed by atoms with Crippen LogP contribution < -0.4 is 5.56 Å². The third kappa shape index (κ3) is 2.98. The average molecular weight is 342 g/mol. The molecular weight excluding hydrogens is 328 g/mol. The molecule has 0 aliphatic rings. The summed E-state index contributed by atoms with van der Waals surface area (Å²) >= 11 is 1.44. The van der Waals surface area contributed by atoms with Gasteiger partial charge in [-0.25, -0.2) is 9.78 Å². The summed E-state index contributed by atoms with van der Waals surface area (Å²) in [6.45, 7) is 3.69. The van der Waals surface area contributed by atoms with Crippen LogP contribution >= 0.6 is 11.3 Å². The van der Waals surface area contributed by atoms with E-state index in [1.165, 1.54) is 35.6 Å². The van der Waals surface area contributed by atoms with Crippen molar-refractivity contribution in [2.24, 2.45) is 0 Å². The lowest BCUT2D eigenvalue weighted by Gasteiger charge is -2.05. The highest BCUT2D eigenvalue weighted by Gasteiger charge is 2.13. The summed E-state index contributed by atoms with van der Waals surface area (Å²) in [6.07, 6.45) is 0.698. The van der Waals surface area contributed by atoms with Crippen LogP contribution in [0.1, 0.15) is 37.0 Å². The molecule has 0 saturated carbocycles. The van der Waals surface area contributed by atoms with Gasteiger partial charge < -0.3 is 9.72 Å². The molecule has 0 saturated heterocycles. The van der Waals surface area contributed by atoms with E-state index in [0.29, 0.717) is 33.5 Å². The smallest absolute Gasteiger partial charge is 0.338 e. The predicted octanol–water partition coefficient (Wildman–Crippen LogP) is 2.77. The number of aromatic nitrogens is 2. The third-order valence-corrected chi connectivity index (χ3v) is 4.81. The maximum atomic E-state index is 12.2. The first-order valence-electron chi connectivity index (χ1n) is 7.21. The molecule has 1 N–H and O–H groups in total. The molecule has 3 rings (SSSR count). The summed E-state index contributed by atoms with van der Waals surface area (Å²) in [5, 5.41) is 0.581. The summed E-state index contributed by atoms with van der Waals surface area (Å²) in [6, 6.07) is 6.09. The van der Waals surface area contributed by atoms with Crippen molar-refractivity contribution in [1.82, 2.24) is 9.97 Å². The second-order valence-corrected chi connectivity index (χ2v) is 6.50. The van der Waals surface area contributed by atoms with Gasteiger partial charge in [0.15, 0.2) is 0 Å². The number of carbonyl (C=O) groups excluding carboxylic acids is 2. The van der Waals surface area contributed by atoms with E-state index in [0.717, 1.165) is 10.4 Å². The molecule has 0 bridgehead atoms. The lowest BCUT2D eigenvalue weighted by atomic mass is 10.1. The number of hydrogen-bond acceptors (Lipinski definition) is 6. The fourth-order valence-electron chi connectivity index (χ4n) is 2.28. The van der Waals surface area contributed by atoms with Gasteiger partial charge in [0.05, 0.1) is 10.9 Å². The maximum Gasteiger partial charge on any atom is 0.338 e. The summed E-state index contributed by atoms with van der Waals surface area (Å²) < 4.78 is 5.17. The van der Waals surface area contributed by atoms with Crippen molar-refractivity contribution in [3.8, 4) is 0 Å². The number of H-pyrrole nitrogens is 1. The summed E-state index contributed by atoms with van der Waals surface area (Å²) in [5.74, 6) is -0.250. The second-order valence-electron chi connectivity index (χ2n) is 5.29. The standard InChI is InChI=1S/C17H14N2O4S/c1-9-10(2)24-16-14(9)15(21)18-13(19-16)8-23-17(22)12-5-3-11(7-20)4-6-12/h3-7H,8H2,1-2H3,(H,18,19,21). The van der Waals surface area contributed by atoms with Crippen LogP contribution in [0.2, 0.25) is 0 Å². The Morgan fingerprint density at radius 1 is 1.29 bits per heavy atom. The van der Waals surface area contributed by atoms with E-state index in [-0.39, 0.29) is 12.2 Å². The molecular formula is C17H14N2O4S. The van der Waals surface area contributed by atoms with Crippen molar-refractivity contribution >= 4 is 33.8 Å². The van der Waals surface area contributed by atoms with E-state index in [2.05, 4.69) is 9.97 Å². The highest BCUT2D eigenvalue weighted by Crippen LogP contribution is 2.25. The van der Waals surface area contributed by atoms with Gasteiger partial charge in [-0.05, 0) is 31.5 Å². The third-order valence-electron chi connectivity index (χ3n) is 3.71. The number of esters is 1. The number of nitrogens with one attached hydrogen (secondary N) is 1. The van der Waals surface area contributed by atoms with Crippen molar-refractivity contribution in [3.63, 3.8) is 0 Å². The Balaban J connectivity index is 1.78. The maximum absolute atomic E-state index is 12.2. The van der Waals surface area contributed by atoms with Crippen LogP contribution in [0.3, 0.4) is 0 Å². The van der Waals surface area contributed by atoms with Crippen molar-refractivity contribution in [3.05, 3.63) is 62.0 Å². The van der Waals surface area contributed by atoms with Crippen LogP contribution in [0.15, 0.2) is 29.1 Å². The van der Waals surface area contributed by atoms with Gasteiger partial charge in [0.25, 0.3) is 5.56 Å². The lowest BCUT2D eigenvalue weighted by molar-refractivity contribution is 0.0462. The number of aldehydes is 1. The van der Waals surface area contributed by atoms with Crippen molar-refractivity contribution in [1.29, 1.82) is 0 Å². The molecule has 122 valence electrons. The molecule has 0 amide bonds. The molecule has 1 aromatic carbocycles. The Kier molecular flexibility index (Phi) is 4.26. The van der Waals surface area contributed by atoms with Gasteiger partial charge >= 0.3 is 5.97 Å². The number of carbonyl (C=O) groups is 2. The molecule has 0 aliphatic heterocycles. The first-order valence-corrected chi connectivity index (χ1v) is 8.02. The van der Waals surface area contributed by atoms with E-state index in [1.54, 1.807) is 0 Å². The quantitative estimate of drug-likeness (QED) is 0.582. The van der Waals surface area contributed by atoms with E-state index >= 15 is 0 Å². The van der Waals surface area contributed by atoms with Gasteiger partial charge in [0, 0.05) is 10.4 Å². The molecule has 3 aromatic rings. The summed E-state index contributed by atoms with van der Waals surface area (Å²) in [4.78, 5) is 43.4. The highest BCUT2D eigenvalue weighted by molar-refractivity contribution is 7.18. The molecule has 2 aromatic heterocycles. The molecule has 7 heteroatoms. The summed E-state index contributed by atoms with van der Waals surface area (Å²) in [5.41, 5.74) is 1.49. The zero-order chi connectivity index (χ0) is 17.3. The Morgan fingerprint density at radius 2 is 2.00 bits per heavy atom. The number of benzene rings is 1. The van der Waals surface area contributed by atoms with Crippen LogP contribution in [-0.2, 0) is 11.3 Å². The van der Waals surface area contributed by atoms with Gasteiger partial charge in [-0.15, -0.1) is 11.3 Å². The number of thiophene rings is 1. The Bertz CT molecular complexity index is 986. The number of hydrogen-bond donors (Lipinski definition) is 1. The first kappa shape index (κ1) is 16.1. The minimum atomic E-state index is -0.547. The van der Waals surface area contributed by atoms with Gasteiger partial charge in [-0.3, -0.25) is 9.59 Å². The number of fused-ring (bicyclic) bond motifs is 1. The number of aromatic amines is 1. The molecule has 0 aliphatic carbocycles. The van der Waals surface area contributed by atoms with E-state index in [9.17, 15) is 14.4 Å². The topological polar surface area (TPSA) is 89.1 Å². The van der Waals surface area contributed by atoms with Gasteiger partial charge in [0.1, 0.15) is 23.5 Å². The number of aryl methyl sites for hydroxylation is 2. The average Bonchev–Trinajstić information content (AvgIpc) is 2.87. The minimum Gasteiger partial charge on any atom is -0.454 e. The van der Waals surface area contributed by atoms with Crippen LogP contribution in [0.4, 0.5) is 0 Å². The number of ether oxygens (including phenoxy) is 1. The van der Waals surface area contributed by atoms with Gasteiger partial charge in [0.2, 0.25) is 0 Å². The fraction of sp³-hybridized carbons (Fsp3) is 0.176. The zero-order valence-corrected chi connectivity index (χ0v) is 13.9. The van der Waals surface area contributed by atoms with E-state index in [4.69, 9.17) is 4.74 Å². The van der Waals surface area contributed by atoms with Crippen molar-refractivity contribution < 1.29 is 14.3 Å². The molecule has 0 unspecified atom stereocenters. The summed E-state index contributed by atoms with van der Waals surface area (Å²) in [7, 11) is 0. The molecule has 0 atom stereocenters. The second kappa shape index (κ2) is 6.37. The number of nitrogens with zero attached hydrogens (tertiary/aromatic N) is 1. The van der Waals surface area contributed by atoms with Gasteiger partial charge in [-0.2, -0.15) is 0 Å². The van der Waals surface area contributed by atoms with Crippen LogP contribution in [0.25, 0.3) is 10.2 Å². The molecule has 0 spiro atoms. The molecule has 24 heavy (non-hydrogen) atoms. The van der Waals surface area contributed by atoms with E-state index in [1.807, 2.05) is 13.8 Å². The number of rotatable bonds is 4. The lowest BCUT2D eigenvalue weighted by Crippen LogP contribution is -2.14. The molecule has 2 heterocycles. The van der Waals surface area contributed by atoms with Crippen LogP contribution in [-0.4, -0.2) is 22.2 Å². The largest absolute Gasteiger partial charge is 0.454 e. The molecule has 0 radical (unpaired) electrons. The molecule has 0 fully saturated rings. The zero-order valence-electron chi connectivity index (χ0n) is 13.1. The van der Waals surface area contributed by atoms with Gasteiger partial charge in [-0.1, -0.05) is 12.1 Å². The van der Waals surface area contributed by atoms with Crippen molar-refractivity contribution in [2.75, 3.05) is 0 Å². The minimum absolute atomic E-state index is 0.130. The Labute approximate surface area is 141 Å². The van der Waals surface area contributed by atoms with Crippen molar-refractivity contribution in [2.45, 2.75) is 20.5 Å². The van der Waals surface area contributed by atoms with E-state index < -0.39 is 5.97 Å². The first-order chi connectivity index (χ1) is 11.5. The highest BCUT2D eigenvalue weighted by atomic mass is 32.1. The monoisotopic (exact) mass is 342 g/mol. The Hall–Kier alpha value is -2.80. The normalized spacial score (nSPS) is 10.8. The van der Waals surface area contributed by atoms with Crippen LogP contribution in [0.5, 0.6) is 0 Å². The Morgan fingerprint density at radius 3 is 2.67 bits per heavy atom. The van der Waals surface area contributed by atoms with Crippen LogP contribution in [0, 0.1) is 13.8 Å². The fourth-order valence-corrected chi connectivity index (χ4v) is 3.33. The predicted molar refractivity (Wildman–Crippen MR) is 90.7 cm³/mol. The SMILES string of the molecule is Cc1sc2nc(COC(=O)c3ccc(C=O)cc3)[nH]c(=O)c2c1C. The molecule has 6 nitrogen and oxygen atoms in total.